The fraction of sp³-hybridized carbons (Fsp3) is 0.308. The lowest BCUT2D eigenvalue weighted by Crippen LogP contribution is -1.97. The van der Waals surface area contributed by atoms with Gasteiger partial charge in [0, 0.05) is 16.5 Å². The molecule has 0 radical (unpaired) electrons. The summed E-state index contributed by atoms with van der Waals surface area (Å²) in [6.45, 7) is 3.98. The number of nitrogens with zero attached hydrogens (tertiary/aromatic N) is 2. The first-order valence-electron chi connectivity index (χ1n) is 5.79. The fourth-order valence-electron chi connectivity index (χ4n) is 1.76. The predicted molar refractivity (Wildman–Crippen MR) is 72.9 cm³/mol. The van der Waals surface area contributed by atoms with Gasteiger partial charge in [-0.15, -0.1) is 0 Å². The highest BCUT2D eigenvalue weighted by Crippen LogP contribution is 2.27. The summed E-state index contributed by atoms with van der Waals surface area (Å²) < 4.78 is 6.10. The lowest BCUT2D eigenvalue weighted by Gasteiger charge is -2.04. The molecule has 19 heavy (non-hydrogen) atoms. The molecule has 0 aliphatic rings. The molecule has 0 atom stereocenters. The zero-order chi connectivity index (χ0) is 14.0. The molecule has 0 spiro atoms. The van der Waals surface area contributed by atoms with Crippen molar-refractivity contribution in [1.82, 2.24) is 10.1 Å². The average molecular weight is 325 g/mol. The quantitative estimate of drug-likeness (QED) is 0.934. The summed E-state index contributed by atoms with van der Waals surface area (Å²) in [5, 5.41) is 12.5. The van der Waals surface area contributed by atoms with E-state index in [9.17, 15) is 4.79 Å². The molecule has 0 saturated heterocycles. The molecule has 1 heterocycles. The van der Waals surface area contributed by atoms with Crippen molar-refractivity contribution in [1.29, 1.82) is 0 Å². The Bertz CT molecular complexity index is 599. The molecule has 100 valence electrons. The largest absolute Gasteiger partial charge is 0.481 e. The lowest BCUT2D eigenvalue weighted by molar-refractivity contribution is -0.137. The third-order valence-electron chi connectivity index (χ3n) is 2.72. The van der Waals surface area contributed by atoms with Crippen molar-refractivity contribution in [3.63, 3.8) is 0 Å². The van der Waals surface area contributed by atoms with Gasteiger partial charge in [-0.25, -0.2) is 0 Å². The van der Waals surface area contributed by atoms with E-state index in [-0.39, 0.29) is 12.8 Å². The number of carbonyl (C=O) groups is 1. The minimum Gasteiger partial charge on any atom is -0.481 e. The number of hydrogen-bond donors (Lipinski definition) is 1. The fourth-order valence-corrected chi connectivity index (χ4v) is 1.99. The molecule has 0 fully saturated rings. The smallest absolute Gasteiger partial charge is 0.303 e. The number of aryl methyl sites for hydroxylation is 3. The molecule has 0 amide bonds. The third-order valence-corrected chi connectivity index (χ3v) is 3.97. The van der Waals surface area contributed by atoms with Crippen LogP contribution in [0.1, 0.15) is 23.4 Å². The minimum atomic E-state index is -0.880. The maximum Gasteiger partial charge on any atom is 0.303 e. The summed E-state index contributed by atoms with van der Waals surface area (Å²) in [6.07, 6.45) is 0.233. The number of carboxylic acids is 1. The Hall–Kier alpha value is -1.69. The number of aromatic nitrogens is 2. The Morgan fingerprint density at radius 3 is 2.58 bits per heavy atom. The molecule has 2 aromatic rings. The van der Waals surface area contributed by atoms with Crippen molar-refractivity contribution in [2.45, 2.75) is 26.7 Å². The van der Waals surface area contributed by atoms with Gasteiger partial charge in [0.1, 0.15) is 0 Å². The zero-order valence-electron chi connectivity index (χ0n) is 10.6. The number of hydrogen-bond acceptors (Lipinski definition) is 4. The van der Waals surface area contributed by atoms with Gasteiger partial charge in [-0.1, -0.05) is 21.1 Å². The Labute approximate surface area is 118 Å². The van der Waals surface area contributed by atoms with Gasteiger partial charge in [-0.3, -0.25) is 4.79 Å². The van der Waals surface area contributed by atoms with E-state index in [4.69, 9.17) is 9.63 Å². The highest BCUT2D eigenvalue weighted by atomic mass is 79.9. The standard InChI is InChI=1S/C13H13BrN2O3/c1-7-5-9(6-8(2)12(7)14)13-15-10(19-16-13)3-4-11(17)18/h5-6H,3-4H2,1-2H3,(H,17,18). The van der Waals surface area contributed by atoms with Gasteiger partial charge in [0.25, 0.3) is 0 Å². The van der Waals surface area contributed by atoms with E-state index in [1.54, 1.807) is 0 Å². The predicted octanol–water partition coefficient (Wildman–Crippen LogP) is 3.13. The van der Waals surface area contributed by atoms with E-state index in [0.717, 1.165) is 21.2 Å². The van der Waals surface area contributed by atoms with Crippen LogP contribution in [0.3, 0.4) is 0 Å². The van der Waals surface area contributed by atoms with E-state index in [1.807, 2.05) is 26.0 Å². The Morgan fingerprint density at radius 1 is 1.37 bits per heavy atom. The van der Waals surface area contributed by atoms with Crippen molar-refractivity contribution < 1.29 is 14.4 Å². The summed E-state index contributed by atoms with van der Waals surface area (Å²) in [5.41, 5.74) is 3.04. The Kier molecular flexibility index (Phi) is 3.99. The first-order valence-corrected chi connectivity index (χ1v) is 6.58. The van der Waals surface area contributed by atoms with Gasteiger partial charge in [0.05, 0.1) is 6.42 Å². The van der Waals surface area contributed by atoms with Crippen molar-refractivity contribution in [3.05, 3.63) is 33.6 Å². The Balaban J connectivity index is 2.25. The summed E-state index contributed by atoms with van der Waals surface area (Å²) >= 11 is 3.50. The van der Waals surface area contributed by atoms with Crippen LogP contribution >= 0.6 is 15.9 Å². The van der Waals surface area contributed by atoms with Crippen LogP contribution in [-0.2, 0) is 11.2 Å². The van der Waals surface area contributed by atoms with Crippen LogP contribution in [0.5, 0.6) is 0 Å². The topological polar surface area (TPSA) is 76.2 Å². The molecule has 6 heteroatoms. The normalized spacial score (nSPS) is 10.7. The second kappa shape index (κ2) is 5.52. The van der Waals surface area contributed by atoms with Crippen LogP contribution in [0.25, 0.3) is 11.4 Å². The summed E-state index contributed by atoms with van der Waals surface area (Å²) in [4.78, 5) is 14.7. The summed E-state index contributed by atoms with van der Waals surface area (Å²) in [6, 6.07) is 3.92. The molecule has 5 nitrogen and oxygen atoms in total. The van der Waals surface area contributed by atoms with Crippen LogP contribution in [0.2, 0.25) is 0 Å². The monoisotopic (exact) mass is 324 g/mol. The molecule has 0 bridgehead atoms. The number of halogens is 1. The van der Waals surface area contributed by atoms with Crippen LogP contribution < -0.4 is 0 Å². The summed E-state index contributed by atoms with van der Waals surface area (Å²) in [7, 11) is 0. The highest BCUT2D eigenvalue weighted by Gasteiger charge is 2.12. The Morgan fingerprint density at radius 2 is 2.00 bits per heavy atom. The van der Waals surface area contributed by atoms with Crippen LogP contribution in [0.4, 0.5) is 0 Å². The third kappa shape index (κ3) is 3.20. The molecule has 1 aromatic carbocycles. The zero-order valence-corrected chi connectivity index (χ0v) is 12.2. The number of rotatable bonds is 4. The van der Waals surface area contributed by atoms with Crippen LogP contribution in [0, 0.1) is 13.8 Å². The molecular formula is C13H13BrN2O3. The molecule has 0 saturated carbocycles. The van der Waals surface area contributed by atoms with Gasteiger partial charge in [0.2, 0.25) is 11.7 Å². The van der Waals surface area contributed by atoms with E-state index in [0.29, 0.717) is 11.7 Å². The molecule has 2 rings (SSSR count). The van der Waals surface area contributed by atoms with Gasteiger partial charge in [-0.05, 0) is 37.1 Å². The molecule has 1 aromatic heterocycles. The van der Waals surface area contributed by atoms with Gasteiger partial charge < -0.3 is 9.63 Å². The number of aliphatic carboxylic acids is 1. The van der Waals surface area contributed by atoms with E-state index in [1.165, 1.54) is 0 Å². The van der Waals surface area contributed by atoms with E-state index >= 15 is 0 Å². The highest BCUT2D eigenvalue weighted by molar-refractivity contribution is 9.10. The minimum absolute atomic E-state index is 0.0139. The second-order valence-electron chi connectivity index (χ2n) is 4.33. The van der Waals surface area contributed by atoms with Crippen molar-refractivity contribution in [2.24, 2.45) is 0 Å². The van der Waals surface area contributed by atoms with Crippen molar-refractivity contribution in [2.75, 3.05) is 0 Å². The van der Waals surface area contributed by atoms with E-state index < -0.39 is 5.97 Å². The molecule has 0 aliphatic heterocycles. The first kappa shape index (κ1) is 13.7. The molecule has 1 N–H and O–H groups in total. The SMILES string of the molecule is Cc1cc(-c2noc(CCC(=O)O)n2)cc(C)c1Br. The van der Waals surface area contributed by atoms with Gasteiger partial charge in [0.15, 0.2) is 0 Å². The maximum absolute atomic E-state index is 10.5. The van der Waals surface area contributed by atoms with Gasteiger partial charge >= 0.3 is 5.97 Å². The lowest BCUT2D eigenvalue weighted by atomic mass is 10.1. The van der Waals surface area contributed by atoms with Crippen LogP contribution in [0.15, 0.2) is 21.1 Å². The number of carboxylic acid groups (broad SMARTS) is 1. The summed E-state index contributed by atoms with van der Waals surface area (Å²) in [5.74, 6) is -0.0511. The van der Waals surface area contributed by atoms with Crippen LogP contribution in [-0.4, -0.2) is 21.2 Å². The van der Waals surface area contributed by atoms with Crippen molar-refractivity contribution in [3.8, 4) is 11.4 Å². The average Bonchev–Trinajstić information content (AvgIpc) is 2.81. The second-order valence-corrected chi connectivity index (χ2v) is 5.12. The van der Waals surface area contributed by atoms with Crippen molar-refractivity contribution >= 4 is 21.9 Å². The molecule has 0 unspecified atom stereocenters. The van der Waals surface area contributed by atoms with E-state index in [2.05, 4.69) is 26.1 Å². The first-order chi connectivity index (χ1) is 8.97. The molecule has 0 aliphatic carbocycles. The molecular weight excluding hydrogens is 312 g/mol. The van der Waals surface area contributed by atoms with Gasteiger partial charge in [-0.2, -0.15) is 4.98 Å². The maximum atomic E-state index is 10.5. The number of benzene rings is 1.